The van der Waals surface area contributed by atoms with Gasteiger partial charge in [-0.3, -0.25) is 0 Å². The molecule has 0 spiro atoms. The van der Waals surface area contributed by atoms with Crippen molar-refractivity contribution in [2.45, 2.75) is 5.92 Å². The van der Waals surface area contributed by atoms with E-state index < -0.39 is 17.6 Å². The Labute approximate surface area is 135 Å². The zero-order chi connectivity index (χ0) is 16.8. The molecule has 2 aliphatic rings. The molecule has 0 aliphatic carbocycles. The molecule has 0 aromatic heterocycles. The van der Waals surface area contributed by atoms with Gasteiger partial charge in [0.15, 0.2) is 11.5 Å². The van der Waals surface area contributed by atoms with Crippen molar-refractivity contribution in [1.29, 1.82) is 5.26 Å². The molecule has 2 aromatic carbocycles. The van der Waals surface area contributed by atoms with Crippen LogP contribution < -0.4 is 19.9 Å². The van der Waals surface area contributed by atoms with Crippen molar-refractivity contribution >= 4 is 0 Å². The number of nitrogens with two attached hydrogens (primary N) is 1. The van der Waals surface area contributed by atoms with E-state index in [1.807, 2.05) is 6.07 Å². The van der Waals surface area contributed by atoms with Crippen LogP contribution in [0.15, 0.2) is 41.8 Å². The number of hydrogen-bond donors (Lipinski definition) is 1. The Kier molecular flexibility index (Phi) is 3.06. The number of halogens is 2. The van der Waals surface area contributed by atoms with E-state index >= 15 is 0 Å². The largest absolute Gasteiger partial charge is 0.454 e. The first-order valence-corrected chi connectivity index (χ1v) is 7.05. The highest BCUT2D eigenvalue weighted by Gasteiger charge is 2.36. The van der Waals surface area contributed by atoms with Gasteiger partial charge in [-0.25, -0.2) is 8.78 Å². The van der Waals surface area contributed by atoms with Crippen molar-refractivity contribution in [3.8, 4) is 23.3 Å². The van der Waals surface area contributed by atoms with Crippen LogP contribution in [0, 0.1) is 23.0 Å². The van der Waals surface area contributed by atoms with E-state index in [0.29, 0.717) is 17.1 Å². The molecule has 24 heavy (non-hydrogen) atoms. The number of benzene rings is 2. The van der Waals surface area contributed by atoms with Crippen molar-refractivity contribution in [2.75, 3.05) is 6.79 Å². The highest BCUT2D eigenvalue weighted by atomic mass is 19.1. The molecule has 2 aliphatic heterocycles. The molecule has 120 valence electrons. The van der Waals surface area contributed by atoms with Gasteiger partial charge in [-0.1, -0.05) is 6.07 Å². The van der Waals surface area contributed by atoms with E-state index in [1.165, 1.54) is 12.1 Å². The van der Waals surface area contributed by atoms with Gasteiger partial charge in [0.2, 0.25) is 12.7 Å². The van der Waals surface area contributed by atoms with Crippen LogP contribution in [0.25, 0.3) is 0 Å². The molecule has 2 N–H and O–H groups in total. The molecule has 0 amide bonds. The first-order valence-electron chi connectivity index (χ1n) is 7.05. The lowest BCUT2D eigenvalue weighted by atomic mass is 9.83. The summed E-state index contributed by atoms with van der Waals surface area (Å²) in [5.41, 5.74) is 5.85. The molecule has 0 saturated carbocycles. The fourth-order valence-corrected chi connectivity index (χ4v) is 2.93. The van der Waals surface area contributed by atoms with Gasteiger partial charge in [0.1, 0.15) is 29.0 Å². The molecule has 0 fully saturated rings. The van der Waals surface area contributed by atoms with Crippen LogP contribution in [0.3, 0.4) is 0 Å². The maximum absolute atomic E-state index is 14.3. The summed E-state index contributed by atoms with van der Waals surface area (Å²) in [6.07, 6.45) is 0. The predicted molar refractivity (Wildman–Crippen MR) is 78.2 cm³/mol. The summed E-state index contributed by atoms with van der Waals surface area (Å²) in [4.78, 5) is 0. The summed E-state index contributed by atoms with van der Waals surface area (Å²) in [6, 6.07) is 8.49. The second kappa shape index (κ2) is 5.13. The van der Waals surface area contributed by atoms with E-state index in [0.717, 1.165) is 12.1 Å². The summed E-state index contributed by atoms with van der Waals surface area (Å²) in [5, 5.41) is 9.43. The number of nitrogens with zero attached hydrogens (tertiary/aromatic N) is 1. The fraction of sp³-hybridized carbons (Fsp3) is 0.118. The van der Waals surface area contributed by atoms with Crippen LogP contribution in [0.2, 0.25) is 0 Å². The smallest absolute Gasteiger partial charge is 0.231 e. The molecule has 5 nitrogen and oxygen atoms in total. The second-order valence-corrected chi connectivity index (χ2v) is 5.30. The van der Waals surface area contributed by atoms with Crippen molar-refractivity contribution in [2.24, 2.45) is 5.73 Å². The lowest BCUT2D eigenvalue weighted by Gasteiger charge is -2.27. The van der Waals surface area contributed by atoms with Gasteiger partial charge in [-0.2, -0.15) is 5.26 Å². The number of nitriles is 1. The number of allylic oxidation sites excluding steroid dienone is 1. The SMILES string of the molecule is N#CC1=C(N)Oc2cc3c(cc2[C@@H]1c1c(F)cccc1F)OCO3. The van der Waals surface area contributed by atoms with Gasteiger partial charge in [0.05, 0.1) is 5.92 Å². The molecule has 0 saturated heterocycles. The normalized spacial score (nSPS) is 18.0. The molecule has 2 heterocycles. The summed E-state index contributed by atoms with van der Waals surface area (Å²) in [5.74, 6) is -1.65. The summed E-state index contributed by atoms with van der Waals surface area (Å²) in [7, 11) is 0. The van der Waals surface area contributed by atoms with Crippen LogP contribution in [-0.4, -0.2) is 6.79 Å². The summed E-state index contributed by atoms with van der Waals surface area (Å²) < 4.78 is 44.7. The van der Waals surface area contributed by atoms with Gasteiger partial charge in [0, 0.05) is 17.2 Å². The molecule has 7 heteroatoms. The predicted octanol–water partition coefficient (Wildman–Crippen LogP) is 2.91. The third-order valence-electron chi connectivity index (χ3n) is 4.00. The maximum Gasteiger partial charge on any atom is 0.231 e. The Morgan fingerprint density at radius 1 is 1.08 bits per heavy atom. The van der Waals surface area contributed by atoms with E-state index in [-0.39, 0.29) is 29.6 Å². The molecule has 4 rings (SSSR count). The minimum atomic E-state index is -1.03. The zero-order valence-corrected chi connectivity index (χ0v) is 12.2. The van der Waals surface area contributed by atoms with Gasteiger partial charge in [0.25, 0.3) is 0 Å². The van der Waals surface area contributed by atoms with E-state index in [2.05, 4.69) is 0 Å². The number of ether oxygens (including phenoxy) is 3. The Morgan fingerprint density at radius 3 is 2.42 bits per heavy atom. The van der Waals surface area contributed by atoms with Crippen LogP contribution in [0.1, 0.15) is 17.0 Å². The zero-order valence-electron chi connectivity index (χ0n) is 12.2. The Bertz CT molecular complexity index is 914. The van der Waals surface area contributed by atoms with Crippen molar-refractivity contribution in [3.05, 3.63) is 64.5 Å². The number of hydrogen-bond acceptors (Lipinski definition) is 5. The van der Waals surface area contributed by atoms with Crippen LogP contribution in [0.5, 0.6) is 17.2 Å². The van der Waals surface area contributed by atoms with Gasteiger partial charge >= 0.3 is 0 Å². The lowest BCUT2D eigenvalue weighted by molar-refractivity contribution is 0.174. The van der Waals surface area contributed by atoms with Crippen LogP contribution in [0.4, 0.5) is 8.78 Å². The third-order valence-corrected chi connectivity index (χ3v) is 4.00. The van der Waals surface area contributed by atoms with Gasteiger partial charge < -0.3 is 19.9 Å². The quantitative estimate of drug-likeness (QED) is 0.871. The Hall–Kier alpha value is -3.27. The average molecular weight is 328 g/mol. The van der Waals surface area contributed by atoms with Gasteiger partial charge in [-0.15, -0.1) is 0 Å². The average Bonchev–Trinajstić information content (AvgIpc) is 3.00. The molecule has 2 aromatic rings. The molecule has 0 bridgehead atoms. The maximum atomic E-state index is 14.3. The van der Waals surface area contributed by atoms with E-state index in [1.54, 1.807) is 6.07 Å². The monoisotopic (exact) mass is 328 g/mol. The number of fused-ring (bicyclic) bond motifs is 2. The van der Waals surface area contributed by atoms with E-state index in [9.17, 15) is 14.0 Å². The highest BCUT2D eigenvalue weighted by Crippen LogP contribution is 2.48. The van der Waals surface area contributed by atoms with E-state index in [4.69, 9.17) is 19.9 Å². The molecular weight excluding hydrogens is 318 g/mol. The van der Waals surface area contributed by atoms with Crippen molar-refractivity contribution in [1.82, 2.24) is 0 Å². The van der Waals surface area contributed by atoms with Crippen LogP contribution >= 0.6 is 0 Å². The minimum Gasteiger partial charge on any atom is -0.454 e. The van der Waals surface area contributed by atoms with Crippen molar-refractivity contribution in [3.63, 3.8) is 0 Å². The lowest BCUT2D eigenvalue weighted by Crippen LogP contribution is -2.22. The topological polar surface area (TPSA) is 77.5 Å². The van der Waals surface area contributed by atoms with Crippen molar-refractivity contribution < 1.29 is 23.0 Å². The number of rotatable bonds is 1. The Balaban J connectivity index is 2.00. The molecule has 1 atom stereocenters. The Morgan fingerprint density at radius 2 is 1.75 bits per heavy atom. The summed E-state index contributed by atoms with van der Waals surface area (Å²) >= 11 is 0. The minimum absolute atomic E-state index is 0.0327. The first kappa shape index (κ1) is 14.3. The van der Waals surface area contributed by atoms with Gasteiger partial charge in [-0.05, 0) is 18.2 Å². The second-order valence-electron chi connectivity index (χ2n) is 5.30. The molecular formula is C17H10F2N2O3. The summed E-state index contributed by atoms with van der Waals surface area (Å²) in [6.45, 7) is 0.0327. The highest BCUT2D eigenvalue weighted by molar-refractivity contribution is 5.61. The van der Waals surface area contributed by atoms with Crippen LogP contribution in [-0.2, 0) is 0 Å². The first-order chi connectivity index (χ1) is 11.6. The molecule has 0 radical (unpaired) electrons. The molecule has 0 unspecified atom stereocenters. The third kappa shape index (κ3) is 1.97. The standard InChI is InChI=1S/C17H10F2N2O3/c18-10-2-1-3-11(19)16(10)15-8-4-13-14(23-7-22-13)5-12(8)24-17(21)9(15)6-20/h1-5,15H,7,21H2/t15-/m0/s1. The fourth-order valence-electron chi connectivity index (χ4n) is 2.93.